The fraction of sp³-hybridized carbons (Fsp3) is 0.577. The van der Waals surface area contributed by atoms with E-state index >= 15 is 0 Å². The summed E-state index contributed by atoms with van der Waals surface area (Å²) < 4.78 is 44.6. The van der Waals surface area contributed by atoms with Crippen LogP contribution in [-0.4, -0.2) is 49.9 Å². The van der Waals surface area contributed by atoms with Crippen molar-refractivity contribution in [3.8, 4) is 10.4 Å². The van der Waals surface area contributed by atoms with Crippen molar-refractivity contribution >= 4 is 39.2 Å². The standard InChI is InChI=1S/C22H31N3O5S2.C4H9NO2/c1-14(2)30-21(26)24-15-9-10-16(19(12-15)32(27,28)25-22(3,4)5)18-13-23-20(31-18)17-8-6-7-11-29-17;1-3(2)7-4(5)6/h9-10,12-14,17,25H,6-8,11H2,1-5H3,(H,24,26);3H,1-2H3,(H2,5,6). The lowest BCUT2D eigenvalue weighted by molar-refractivity contribution is 0.0148. The molecule has 0 bridgehead atoms. The van der Waals surface area contributed by atoms with Gasteiger partial charge in [0.1, 0.15) is 11.1 Å². The number of anilines is 1. The Kier molecular flexibility index (Phi) is 11.7. The number of carbonyl (C=O) groups is 2. The summed E-state index contributed by atoms with van der Waals surface area (Å²) in [7, 11) is -3.89. The van der Waals surface area contributed by atoms with E-state index in [4.69, 9.17) is 9.47 Å². The smallest absolute Gasteiger partial charge is 0.411 e. The normalized spacial score (nSPS) is 15.9. The lowest BCUT2D eigenvalue weighted by Gasteiger charge is -2.22. The minimum Gasteiger partial charge on any atom is -0.447 e. The molecule has 13 heteroatoms. The molecule has 1 aromatic heterocycles. The molecule has 3 rings (SSSR count). The molecule has 1 atom stereocenters. The quantitative estimate of drug-likeness (QED) is 0.381. The van der Waals surface area contributed by atoms with Crippen LogP contribution in [0.25, 0.3) is 10.4 Å². The first-order chi connectivity index (χ1) is 18.1. The molecule has 0 saturated carbocycles. The van der Waals surface area contributed by atoms with Crippen LogP contribution < -0.4 is 15.8 Å². The number of hydrogen-bond donors (Lipinski definition) is 3. The minimum absolute atomic E-state index is 0.0537. The Bertz CT molecular complexity index is 1220. The zero-order chi connectivity index (χ0) is 29.4. The molecule has 0 aliphatic carbocycles. The monoisotopic (exact) mass is 584 g/mol. The highest BCUT2D eigenvalue weighted by Crippen LogP contribution is 2.38. The van der Waals surface area contributed by atoms with Crippen LogP contribution in [0.15, 0.2) is 29.3 Å². The van der Waals surface area contributed by atoms with Crippen LogP contribution >= 0.6 is 11.3 Å². The van der Waals surface area contributed by atoms with Crippen LogP contribution in [0.5, 0.6) is 0 Å². The summed E-state index contributed by atoms with van der Waals surface area (Å²) in [6, 6.07) is 4.78. The molecule has 11 nitrogen and oxygen atoms in total. The second-order valence-electron chi connectivity index (χ2n) is 10.5. The Hall–Kier alpha value is -2.74. The highest BCUT2D eigenvalue weighted by Gasteiger charge is 2.27. The highest BCUT2D eigenvalue weighted by molar-refractivity contribution is 7.89. The molecule has 1 fully saturated rings. The summed E-state index contributed by atoms with van der Waals surface area (Å²) in [5.41, 5.74) is 4.80. The van der Waals surface area contributed by atoms with Crippen molar-refractivity contribution in [1.29, 1.82) is 0 Å². The number of hydrogen-bond acceptors (Lipinski definition) is 9. The number of amides is 2. The molecule has 39 heavy (non-hydrogen) atoms. The number of carbonyl (C=O) groups excluding carboxylic acids is 2. The molecular formula is C26H40N4O7S2. The fourth-order valence-electron chi connectivity index (χ4n) is 3.57. The number of nitrogens with one attached hydrogen (secondary N) is 2. The Balaban J connectivity index is 0.000000673. The predicted molar refractivity (Wildman–Crippen MR) is 151 cm³/mol. The van der Waals surface area contributed by atoms with Crippen molar-refractivity contribution < 1.29 is 32.2 Å². The van der Waals surface area contributed by atoms with Crippen LogP contribution in [0.2, 0.25) is 0 Å². The van der Waals surface area contributed by atoms with Crippen LogP contribution in [0.3, 0.4) is 0 Å². The van der Waals surface area contributed by atoms with Crippen LogP contribution in [0.4, 0.5) is 15.3 Å². The van der Waals surface area contributed by atoms with Crippen molar-refractivity contribution in [2.45, 2.75) is 96.5 Å². The molecule has 2 heterocycles. The van der Waals surface area contributed by atoms with Gasteiger partial charge in [-0.15, -0.1) is 11.3 Å². The summed E-state index contributed by atoms with van der Waals surface area (Å²) in [6.45, 7) is 13.0. The highest BCUT2D eigenvalue weighted by atomic mass is 32.2. The van der Waals surface area contributed by atoms with Gasteiger partial charge in [-0.25, -0.2) is 27.7 Å². The van der Waals surface area contributed by atoms with E-state index in [1.807, 2.05) is 0 Å². The first-order valence-corrected chi connectivity index (χ1v) is 15.1. The molecule has 0 radical (unpaired) electrons. The summed E-state index contributed by atoms with van der Waals surface area (Å²) in [4.78, 5) is 27.1. The van der Waals surface area contributed by atoms with Gasteiger partial charge < -0.3 is 19.9 Å². The van der Waals surface area contributed by atoms with Gasteiger partial charge in [0.05, 0.1) is 22.0 Å². The van der Waals surface area contributed by atoms with Crippen molar-refractivity contribution in [3.05, 3.63) is 29.4 Å². The number of primary amides is 1. The van der Waals surface area contributed by atoms with Crippen molar-refractivity contribution in [1.82, 2.24) is 9.71 Å². The van der Waals surface area contributed by atoms with E-state index in [0.717, 1.165) is 29.1 Å². The lowest BCUT2D eigenvalue weighted by atomic mass is 10.1. The number of ether oxygens (including phenoxy) is 3. The molecule has 0 spiro atoms. The number of rotatable bonds is 7. The molecule has 4 N–H and O–H groups in total. The minimum atomic E-state index is -3.89. The van der Waals surface area contributed by atoms with Gasteiger partial charge in [0.15, 0.2) is 0 Å². The van der Waals surface area contributed by atoms with E-state index in [1.54, 1.807) is 66.8 Å². The van der Waals surface area contributed by atoms with Gasteiger partial charge in [0, 0.05) is 29.6 Å². The third-order valence-electron chi connectivity index (χ3n) is 4.90. The van der Waals surface area contributed by atoms with Gasteiger partial charge in [-0.3, -0.25) is 5.32 Å². The molecule has 1 aliphatic rings. The third-order valence-corrected chi connectivity index (χ3v) is 7.82. The van der Waals surface area contributed by atoms with Crippen molar-refractivity contribution in [3.63, 3.8) is 0 Å². The summed E-state index contributed by atoms with van der Waals surface area (Å²) >= 11 is 1.43. The Morgan fingerprint density at radius 2 is 1.79 bits per heavy atom. The van der Waals surface area contributed by atoms with Gasteiger partial charge >= 0.3 is 12.2 Å². The Morgan fingerprint density at radius 1 is 1.13 bits per heavy atom. The molecule has 1 saturated heterocycles. The maximum atomic E-state index is 13.3. The average molecular weight is 585 g/mol. The Labute approximate surface area is 234 Å². The molecule has 2 amide bonds. The average Bonchev–Trinajstić information content (AvgIpc) is 3.27. The lowest BCUT2D eigenvalue weighted by Crippen LogP contribution is -2.40. The number of sulfonamides is 1. The second-order valence-corrected chi connectivity index (χ2v) is 13.3. The largest absolute Gasteiger partial charge is 0.447 e. The third kappa shape index (κ3) is 11.1. The number of nitrogens with zero attached hydrogens (tertiary/aromatic N) is 1. The maximum Gasteiger partial charge on any atom is 0.411 e. The molecule has 218 valence electrons. The number of nitrogens with two attached hydrogens (primary N) is 1. The van der Waals surface area contributed by atoms with E-state index in [-0.39, 0.29) is 23.2 Å². The first kappa shape index (κ1) is 32.5. The van der Waals surface area contributed by atoms with Gasteiger partial charge in [-0.1, -0.05) is 6.07 Å². The van der Waals surface area contributed by atoms with E-state index in [0.29, 0.717) is 17.9 Å². The van der Waals surface area contributed by atoms with Gasteiger partial charge in [-0.05, 0) is 79.9 Å². The molecule has 1 unspecified atom stereocenters. The summed E-state index contributed by atoms with van der Waals surface area (Å²) in [5.74, 6) is 0. The van der Waals surface area contributed by atoms with E-state index in [2.05, 4.69) is 25.5 Å². The van der Waals surface area contributed by atoms with E-state index < -0.39 is 27.7 Å². The summed E-state index contributed by atoms with van der Waals surface area (Å²) in [5, 5.41) is 3.44. The number of thiazole rings is 1. The number of aromatic nitrogens is 1. The zero-order valence-electron chi connectivity index (χ0n) is 23.6. The van der Waals surface area contributed by atoms with Crippen LogP contribution in [0, 0.1) is 0 Å². The maximum absolute atomic E-state index is 13.3. The topological polar surface area (TPSA) is 159 Å². The molecule has 2 aromatic rings. The summed E-state index contributed by atoms with van der Waals surface area (Å²) in [6.07, 6.45) is 2.92. The van der Waals surface area contributed by atoms with Crippen molar-refractivity contribution in [2.75, 3.05) is 11.9 Å². The SMILES string of the molecule is CC(C)OC(=O)Nc1ccc(-c2cnc(C3CCCCO3)s2)c(S(=O)(=O)NC(C)(C)C)c1.CC(C)OC(N)=O. The van der Waals surface area contributed by atoms with Crippen LogP contribution in [0.1, 0.15) is 78.8 Å². The van der Waals surface area contributed by atoms with Gasteiger partial charge in [-0.2, -0.15) is 0 Å². The predicted octanol–water partition coefficient (Wildman–Crippen LogP) is 5.58. The fourth-order valence-corrected chi connectivity index (χ4v) is 6.35. The van der Waals surface area contributed by atoms with Gasteiger partial charge in [0.2, 0.25) is 10.0 Å². The zero-order valence-corrected chi connectivity index (χ0v) is 25.2. The van der Waals surface area contributed by atoms with Gasteiger partial charge in [0.25, 0.3) is 0 Å². The second kappa shape index (κ2) is 14.1. The molecule has 1 aliphatic heterocycles. The first-order valence-electron chi connectivity index (χ1n) is 12.8. The van der Waals surface area contributed by atoms with E-state index in [1.165, 1.54) is 17.4 Å². The van der Waals surface area contributed by atoms with E-state index in [9.17, 15) is 18.0 Å². The number of benzene rings is 1. The Morgan fingerprint density at radius 3 is 2.31 bits per heavy atom. The van der Waals surface area contributed by atoms with Crippen molar-refractivity contribution in [2.24, 2.45) is 5.73 Å². The molecular weight excluding hydrogens is 544 g/mol. The van der Waals surface area contributed by atoms with Crippen LogP contribution in [-0.2, 0) is 24.2 Å². The molecule has 1 aromatic carbocycles.